The van der Waals surface area contributed by atoms with Gasteiger partial charge in [-0.3, -0.25) is 9.59 Å². The van der Waals surface area contributed by atoms with E-state index in [-0.39, 0.29) is 17.2 Å². The van der Waals surface area contributed by atoms with Crippen LogP contribution in [0.25, 0.3) is 0 Å². The minimum absolute atomic E-state index is 0.0365. The maximum absolute atomic E-state index is 12.6. The highest BCUT2D eigenvalue weighted by Gasteiger charge is 2.32. The molecule has 0 bridgehead atoms. The molecule has 2 aromatic carbocycles. The van der Waals surface area contributed by atoms with Crippen LogP contribution < -0.4 is 5.32 Å². The summed E-state index contributed by atoms with van der Waals surface area (Å²) >= 11 is 7.61. The molecule has 2 aliphatic heterocycles. The van der Waals surface area contributed by atoms with Gasteiger partial charge in [0.1, 0.15) is 5.37 Å². The highest BCUT2D eigenvalue weighted by molar-refractivity contribution is 8.00. The molecule has 1 atom stereocenters. The van der Waals surface area contributed by atoms with E-state index in [1.807, 2.05) is 53.4 Å². The summed E-state index contributed by atoms with van der Waals surface area (Å²) in [5.41, 5.74) is 2.75. The Labute approximate surface area is 205 Å². The van der Waals surface area contributed by atoms with Crippen molar-refractivity contribution in [1.29, 1.82) is 0 Å². The molecule has 0 radical (unpaired) electrons. The molecule has 0 aliphatic carbocycles. The molecule has 2 aromatic rings. The maximum atomic E-state index is 12.6. The zero-order chi connectivity index (χ0) is 23.0. The van der Waals surface area contributed by atoms with Crippen LogP contribution in [0, 0.1) is 0 Å². The first kappa shape index (κ1) is 24.1. The lowest BCUT2D eigenvalue weighted by molar-refractivity contribution is -0.128. The Bertz CT molecular complexity index is 928. The molecule has 0 unspecified atom stereocenters. The maximum Gasteiger partial charge on any atom is 0.251 e. The molecule has 1 N–H and O–H groups in total. The van der Waals surface area contributed by atoms with Crippen molar-refractivity contribution < 1.29 is 9.59 Å². The fourth-order valence-corrected chi connectivity index (χ4v) is 5.77. The lowest BCUT2D eigenvalue weighted by Gasteiger charge is -2.24. The minimum Gasteiger partial charge on any atom is -0.352 e. The number of nitrogens with zero attached hydrogens (tertiary/aromatic N) is 2. The molecule has 0 aromatic heterocycles. The second-order valence-corrected chi connectivity index (χ2v) is 10.3. The first-order valence-corrected chi connectivity index (χ1v) is 13.3. The van der Waals surface area contributed by atoms with E-state index < -0.39 is 0 Å². The third kappa shape index (κ3) is 6.75. The van der Waals surface area contributed by atoms with E-state index >= 15 is 0 Å². The molecule has 7 heteroatoms. The molecule has 2 aliphatic rings. The molecule has 33 heavy (non-hydrogen) atoms. The van der Waals surface area contributed by atoms with Gasteiger partial charge in [0.05, 0.1) is 5.75 Å². The van der Waals surface area contributed by atoms with Gasteiger partial charge in [0.2, 0.25) is 5.91 Å². The van der Waals surface area contributed by atoms with Crippen molar-refractivity contribution in [2.75, 3.05) is 31.9 Å². The Kier molecular flexibility index (Phi) is 8.70. The number of benzene rings is 2. The predicted molar refractivity (Wildman–Crippen MR) is 136 cm³/mol. The van der Waals surface area contributed by atoms with Gasteiger partial charge < -0.3 is 15.1 Å². The molecule has 2 saturated heterocycles. The highest BCUT2D eigenvalue weighted by atomic mass is 35.5. The third-order valence-corrected chi connectivity index (χ3v) is 7.84. The van der Waals surface area contributed by atoms with E-state index in [2.05, 4.69) is 10.2 Å². The van der Waals surface area contributed by atoms with Crippen LogP contribution in [0.15, 0.2) is 48.5 Å². The van der Waals surface area contributed by atoms with Crippen LogP contribution in [0.2, 0.25) is 5.02 Å². The molecular weight excluding hydrogens is 454 g/mol. The van der Waals surface area contributed by atoms with Gasteiger partial charge in [-0.25, -0.2) is 0 Å². The van der Waals surface area contributed by atoms with Crippen LogP contribution in [0.1, 0.15) is 59.0 Å². The predicted octanol–water partition coefficient (Wildman–Crippen LogP) is 5.11. The van der Waals surface area contributed by atoms with Crippen molar-refractivity contribution in [2.45, 2.75) is 44.0 Å². The number of likely N-dealkylation sites (tertiary alicyclic amines) is 1. The second-order valence-electron chi connectivity index (χ2n) is 8.80. The molecule has 2 fully saturated rings. The SMILES string of the molecule is O=C(NCCCN1CCCCCC1)c1ccc([C@@H]2SCC(=O)N2Cc2ccc(Cl)cc2)cc1. The van der Waals surface area contributed by atoms with E-state index in [0.29, 0.717) is 29.4 Å². The van der Waals surface area contributed by atoms with Gasteiger partial charge in [-0.05, 0) is 74.3 Å². The summed E-state index contributed by atoms with van der Waals surface area (Å²) in [4.78, 5) is 29.5. The van der Waals surface area contributed by atoms with E-state index in [1.54, 1.807) is 11.8 Å². The summed E-state index contributed by atoms with van der Waals surface area (Å²) in [6.07, 6.45) is 6.25. The van der Waals surface area contributed by atoms with Crippen molar-refractivity contribution in [1.82, 2.24) is 15.1 Å². The molecule has 2 amide bonds. The van der Waals surface area contributed by atoms with Crippen molar-refractivity contribution >= 4 is 35.2 Å². The van der Waals surface area contributed by atoms with Crippen molar-refractivity contribution in [3.63, 3.8) is 0 Å². The Morgan fingerprint density at radius 2 is 1.70 bits per heavy atom. The van der Waals surface area contributed by atoms with Crippen LogP contribution in [0.4, 0.5) is 0 Å². The van der Waals surface area contributed by atoms with Gasteiger partial charge in [-0.1, -0.05) is 48.7 Å². The fourth-order valence-electron chi connectivity index (χ4n) is 4.45. The Balaban J connectivity index is 1.28. The molecule has 5 nitrogen and oxygen atoms in total. The molecule has 4 rings (SSSR count). The zero-order valence-electron chi connectivity index (χ0n) is 19.0. The number of thioether (sulfide) groups is 1. The van der Waals surface area contributed by atoms with E-state index in [0.717, 1.165) is 24.1 Å². The van der Waals surface area contributed by atoms with E-state index in [9.17, 15) is 9.59 Å². The summed E-state index contributed by atoms with van der Waals surface area (Å²) in [7, 11) is 0. The minimum atomic E-state index is -0.0427. The normalized spacial score (nSPS) is 19.5. The number of carbonyl (C=O) groups is 2. The van der Waals surface area contributed by atoms with Gasteiger partial charge in [0.15, 0.2) is 0 Å². The van der Waals surface area contributed by atoms with E-state index in [4.69, 9.17) is 11.6 Å². The standard InChI is InChI=1S/C26H32ClN3O2S/c27-23-12-6-20(7-13-23)18-30-24(31)19-33-26(30)22-10-8-21(9-11-22)25(32)28-14-5-17-29-15-3-1-2-4-16-29/h6-13,26H,1-5,14-19H2,(H,28,32)/t26-/m0/s1. The number of rotatable bonds is 8. The number of amides is 2. The smallest absolute Gasteiger partial charge is 0.251 e. The van der Waals surface area contributed by atoms with Gasteiger partial charge in [0.25, 0.3) is 5.91 Å². The van der Waals surface area contributed by atoms with Gasteiger partial charge in [-0.15, -0.1) is 11.8 Å². The molecule has 0 spiro atoms. The van der Waals surface area contributed by atoms with Gasteiger partial charge in [-0.2, -0.15) is 0 Å². The largest absolute Gasteiger partial charge is 0.352 e. The fraction of sp³-hybridized carbons (Fsp3) is 0.462. The number of hydrogen-bond donors (Lipinski definition) is 1. The quantitative estimate of drug-likeness (QED) is 0.528. The van der Waals surface area contributed by atoms with Crippen LogP contribution in [-0.4, -0.2) is 53.5 Å². The van der Waals surface area contributed by atoms with Crippen LogP contribution in [0.5, 0.6) is 0 Å². The van der Waals surface area contributed by atoms with Crippen LogP contribution >= 0.6 is 23.4 Å². The summed E-state index contributed by atoms with van der Waals surface area (Å²) in [6, 6.07) is 15.3. The molecule has 2 heterocycles. The average Bonchev–Trinajstić information content (AvgIpc) is 3.01. The van der Waals surface area contributed by atoms with Crippen molar-refractivity contribution in [3.05, 3.63) is 70.2 Å². The van der Waals surface area contributed by atoms with Crippen LogP contribution in [-0.2, 0) is 11.3 Å². The lowest BCUT2D eigenvalue weighted by Crippen LogP contribution is -2.30. The number of hydrogen-bond acceptors (Lipinski definition) is 4. The third-order valence-electron chi connectivity index (χ3n) is 6.33. The Hall–Kier alpha value is -2.02. The first-order chi connectivity index (χ1) is 16.1. The molecule has 176 valence electrons. The average molecular weight is 486 g/mol. The van der Waals surface area contributed by atoms with E-state index in [1.165, 1.54) is 38.8 Å². The summed E-state index contributed by atoms with van der Waals surface area (Å²) in [5, 5.41) is 3.70. The number of halogens is 1. The van der Waals surface area contributed by atoms with Crippen LogP contribution in [0.3, 0.4) is 0 Å². The Morgan fingerprint density at radius 3 is 2.39 bits per heavy atom. The van der Waals surface area contributed by atoms with Gasteiger partial charge >= 0.3 is 0 Å². The highest BCUT2D eigenvalue weighted by Crippen LogP contribution is 2.39. The summed E-state index contributed by atoms with van der Waals surface area (Å²) < 4.78 is 0. The second kappa shape index (κ2) is 11.9. The van der Waals surface area contributed by atoms with Crippen molar-refractivity contribution in [2.24, 2.45) is 0 Å². The van der Waals surface area contributed by atoms with Gasteiger partial charge in [0, 0.05) is 23.7 Å². The molecule has 0 saturated carbocycles. The van der Waals surface area contributed by atoms with Crippen molar-refractivity contribution in [3.8, 4) is 0 Å². The monoisotopic (exact) mass is 485 g/mol. The topological polar surface area (TPSA) is 52.7 Å². The summed E-state index contributed by atoms with van der Waals surface area (Å²) in [6.45, 7) is 4.67. The first-order valence-electron chi connectivity index (χ1n) is 11.9. The molecular formula is C26H32ClN3O2S. The number of nitrogens with one attached hydrogen (secondary N) is 1. The lowest BCUT2D eigenvalue weighted by atomic mass is 10.1. The Morgan fingerprint density at radius 1 is 1.00 bits per heavy atom. The summed E-state index contributed by atoms with van der Waals surface area (Å²) in [5.74, 6) is 0.564. The number of carbonyl (C=O) groups excluding carboxylic acids is 2. The zero-order valence-corrected chi connectivity index (χ0v) is 20.5.